The summed E-state index contributed by atoms with van der Waals surface area (Å²) in [6, 6.07) is 0.767. The van der Waals surface area contributed by atoms with Crippen molar-refractivity contribution in [1.82, 2.24) is 4.98 Å². The zero-order chi connectivity index (χ0) is 10.2. The van der Waals surface area contributed by atoms with Gasteiger partial charge in [0.25, 0.3) is 0 Å². The van der Waals surface area contributed by atoms with E-state index in [0.29, 0.717) is 0 Å². The van der Waals surface area contributed by atoms with Crippen LogP contribution in [0.25, 0.3) is 0 Å². The summed E-state index contributed by atoms with van der Waals surface area (Å²) in [4.78, 5) is 3.67. The molecule has 4 heteroatoms. The Balaban J connectivity index is 3.32. The van der Waals surface area contributed by atoms with Crippen LogP contribution in [0.5, 0.6) is 0 Å². The molecule has 72 valence electrons. The van der Waals surface area contributed by atoms with E-state index in [1.807, 2.05) is 0 Å². The van der Waals surface area contributed by atoms with Crippen molar-refractivity contribution in [2.75, 3.05) is 5.73 Å². The first-order valence-electron chi connectivity index (χ1n) is 3.94. The smallest absolute Gasteiger partial charge is 0.168 e. The van der Waals surface area contributed by atoms with E-state index in [4.69, 9.17) is 5.73 Å². The van der Waals surface area contributed by atoms with Gasteiger partial charge in [-0.15, -0.1) is 0 Å². The minimum Gasteiger partial charge on any atom is -0.381 e. The molecule has 0 saturated heterocycles. The normalized spacial score (nSPS) is 11.8. The van der Waals surface area contributed by atoms with Gasteiger partial charge in [-0.05, 0) is 0 Å². The molecule has 2 N–H and O–H groups in total. The Labute approximate surface area is 75.8 Å². The summed E-state index contributed by atoms with van der Waals surface area (Å²) >= 11 is 0. The molecular formula is C9H12F2N2. The predicted molar refractivity (Wildman–Crippen MR) is 47.3 cm³/mol. The minimum absolute atomic E-state index is 0.186. The number of nitrogens with zero attached hydrogens (tertiary/aromatic N) is 1. The average Bonchev–Trinajstić information content (AvgIpc) is 1.94. The van der Waals surface area contributed by atoms with Crippen LogP contribution in [0, 0.1) is 11.6 Å². The lowest BCUT2D eigenvalue weighted by Crippen LogP contribution is -2.17. The van der Waals surface area contributed by atoms with Crippen molar-refractivity contribution in [2.45, 2.75) is 26.2 Å². The quantitative estimate of drug-likeness (QED) is 0.674. The third kappa shape index (κ3) is 1.94. The Bertz CT molecular complexity index is 329. The molecule has 1 aromatic heterocycles. The first-order valence-corrected chi connectivity index (χ1v) is 3.94. The number of hydrogen-bond donors (Lipinski definition) is 1. The molecule has 1 rings (SSSR count). The van der Waals surface area contributed by atoms with E-state index in [1.54, 1.807) is 20.8 Å². The maximum atomic E-state index is 13.2. The zero-order valence-corrected chi connectivity index (χ0v) is 7.86. The fourth-order valence-corrected chi connectivity index (χ4v) is 1.01. The number of nitrogen functional groups attached to an aromatic ring is 1. The van der Waals surface area contributed by atoms with Crippen LogP contribution in [0.15, 0.2) is 6.07 Å². The van der Waals surface area contributed by atoms with Gasteiger partial charge in [-0.2, -0.15) is 0 Å². The van der Waals surface area contributed by atoms with Crippen LogP contribution in [0.4, 0.5) is 14.6 Å². The van der Waals surface area contributed by atoms with Gasteiger partial charge in [-0.3, -0.25) is 0 Å². The van der Waals surface area contributed by atoms with E-state index in [-0.39, 0.29) is 11.5 Å². The highest BCUT2D eigenvalue weighted by Crippen LogP contribution is 2.24. The van der Waals surface area contributed by atoms with E-state index < -0.39 is 17.0 Å². The fraction of sp³-hybridized carbons (Fsp3) is 0.444. The summed E-state index contributed by atoms with van der Waals surface area (Å²) in [5.41, 5.74) is 4.95. The number of rotatable bonds is 0. The molecule has 0 aliphatic rings. The largest absolute Gasteiger partial charge is 0.381 e. The van der Waals surface area contributed by atoms with Crippen LogP contribution in [0.2, 0.25) is 0 Å². The van der Waals surface area contributed by atoms with Crippen molar-refractivity contribution in [3.05, 3.63) is 23.4 Å². The van der Waals surface area contributed by atoms with Crippen molar-refractivity contribution in [1.29, 1.82) is 0 Å². The summed E-state index contributed by atoms with van der Waals surface area (Å²) in [6.07, 6.45) is 0. The Kier molecular flexibility index (Phi) is 2.24. The lowest BCUT2D eigenvalue weighted by Gasteiger charge is -2.18. The first kappa shape index (κ1) is 9.89. The highest BCUT2D eigenvalue weighted by molar-refractivity contribution is 5.34. The fourth-order valence-electron chi connectivity index (χ4n) is 1.01. The number of pyridine rings is 1. The number of nitrogens with two attached hydrogens (primary N) is 1. The molecule has 0 bridgehead atoms. The molecule has 0 spiro atoms. The topological polar surface area (TPSA) is 38.9 Å². The standard InChI is InChI=1S/C9H12F2N2/c1-9(2,3)7-5(10)4-6(11)8(12)13-7/h4H,1-3H3,(H2,12,13). The summed E-state index contributed by atoms with van der Waals surface area (Å²) < 4.78 is 25.9. The summed E-state index contributed by atoms with van der Waals surface area (Å²) in [5.74, 6) is -1.73. The Morgan fingerprint density at radius 3 is 2.23 bits per heavy atom. The van der Waals surface area contributed by atoms with Gasteiger partial charge in [-0.1, -0.05) is 20.8 Å². The van der Waals surface area contributed by atoms with E-state index in [1.165, 1.54) is 0 Å². The van der Waals surface area contributed by atoms with Crippen molar-refractivity contribution in [3.63, 3.8) is 0 Å². The molecule has 0 amide bonds. The van der Waals surface area contributed by atoms with Crippen molar-refractivity contribution >= 4 is 5.82 Å². The van der Waals surface area contributed by atoms with E-state index in [9.17, 15) is 8.78 Å². The van der Waals surface area contributed by atoms with Crippen LogP contribution in [0.3, 0.4) is 0 Å². The molecule has 1 aromatic rings. The highest BCUT2D eigenvalue weighted by Gasteiger charge is 2.21. The molecular weight excluding hydrogens is 174 g/mol. The molecule has 0 fully saturated rings. The molecule has 0 aliphatic carbocycles. The third-order valence-electron chi connectivity index (χ3n) is 1.67. The van der Waals surface area contributed by atoms with E-state index in [2.05, 4.69) is 4.98 Å². The second-order valence-corrected chi connectivity index (χ2v) is 3.94. The number of anilines is 1. The highest BCUT2D eigenvalue weighted by atomic mass is 19.1. The van der Waals surface area contributed by atoms with E-state index >= 15 is 0 Å². The molecule has 0 atom stereocenters. The van der Waals surface area contributed by atoms with Crippen molar-refractivity contribution in [3.8, 4) is 0 Å². The van der Waals surface area contributed by atoms with Crippen LogP contribution in [-0.2, 0) is 5.41 Å². The molecule has 0 aliphatic heterocycles. The minimum atomic E-state index is -0.814. The zero-order valence-electron chi connectivity index (χ0n) is 7.86. The third-order valence-corrected chi connectivity index (χ3v) is 1.67. The maximum Gasteiger partial charge on any atom is 0.168 e. The van der Waals surface area contributed by atoms with Gasteiger partial charge in [0.2, 0.25) is 0 Å². The van der Waals surface area contributed by atoms with Gasteiger partial charge in [0.1, 0.15) is 5.82 Å². The van der Waals surface area contributed by atoms with E-state index in [0.717, 1.165) is 6.07 Å². The second kappa shape index (κ2) is 2.94. The van der Waals surface area contributed by atoms with Gasteiger partial charge in [-0.25, -0.2) is 13.8 Å². The van der Waals surface area contributed by atoms with Gasteiger partial charge in [0, 0.05) is 11.5 Å². The van der Waals surface area contributed by atoms with Crippen LogP contribution >= 0.6 is 0 Å². The monoisotopic (exact) mass is 186 g/mol. The Morgan fingerprint density at radius 2 is 1.77 bits per heavy atom. The number of halogens is 2. The maximum absolute atomic E-state index is 13.2. The SMILES string of the molecule is CC(C)(C)c1nc(N)c(F)cc1F. The molecule has 0 saturated carbocycles. The van der Waals surface area contributed by atoms with Crippen molar-refractivity contribution in [2.24, 2.45) is 0 Å². The number of hydrogen-bond acceptors (Lipinski definition) is 2. The summed E-state index contributed by atoms with van der Waals surface area (Å²) in [7, 11) is 0. The van der Waals surface area contributed by atoms with Gasteiger partial charge < -0.3 is 5.73 Å². The van der Waals surface area contributed by atoms with Gasteiger partial charge >= 0.3 is 0 Å². The van der Waals surface area contributed by atoms with Crippen LogP contribution < -0.4 is 5.73 Å². The van der Waals surface area contributed by atoms with Gasteiger partial charge in [0.15, 0.2) is 11.6 Å². The average molecular weight is 186 g/mol. The molecule has 13 heavy (non-hydrogen) atoms. The van der Waals surface area contributed by atoms with Crippen LogP contribution in [0.1, 0.15) is 26.5 Å². The Hall–Kier alpha value is -1.19. The predicted octanol–water partition coefficient (Wildman–Crippen LogP) is 2.24. The number of aromatic nitrogens is 1. The molecule has 0 radical (unpaired) electrons. The Morgan fingerprint density at radius 1 is 1.23 bits per heavy atom. The van der Waals surface area contributed by atoms with Crippen molar-refractivity contribution < 1.29 is 8.78 Å². The molecule has 1 heterocycles. The lowest BCUT2D eigenvalue weighted by atomic mass is 9.91. The van der Waals surface area contributed by atoms with Gasteiger partial charge in [0.05, 0.1) is 5.69 Å². The second-order valence-electron chi connectivity index (χ2n) is 3.94. The molecule has 0 unspecified atom stereocenters. The lowest BCUT2D eigenvalue weighted by molar-refractivity contribution is 0.491. The first-order chi connectivity index (χ1) is 5.82. The summed E-state index contributed by atoms with van der Waals surface area (Å²) in [5, 5.41) is 0. The molecule has 2 nitrogen and oxygen atoms in total. The summed E-state index contributed by atoms with van der Waals surface area (Å²) in [6.45, 7) is 5.36. The molecule has 0 aromatic carbocycles. The van der Waals surface area contributed by atoms with Crippen LogP contribution in [-0.4, -0.2) is 4.98 Å².